The van der Waals surface area contributed by atoms with Crippen LogP contribution in [0.4, 0.5) is 17.1 Å². The monoisotopic (exact) mass is 439 g/mol. The maximum absolute atomic E-state index is 11.3. The maximum Gasteiger partial charge on any atom is 0.300 e. The number of nitro groups is 1. The van der Waals surface area contributed by atoms with E-state index in [1.54, 1.807) is 6.07 Å². The predicted octanol–water partition coefficient (Wildman–Crippen LogP) is 3.82. The fraction of sp³-hybridized carbons (Fsp3) is 0.478. The third kappa shape index (κ3) is 5.12. The number of piperazine rings is 3. The Morgan fingerprint density at radius 3 is 2.44 bits per heavy atom. The molecule has 3 aliphatic rings. The molecule has 170 valence electrons. The second-order valence-corrected chi connectivity index (χ2v) is 8.66. The van der Waals surface area contributed by atoms with Crippen LogP contribution in [0.5, 0.6) is 5.75 Å². The second-order valence-electron chi connectivity index (χ2n) is 8.66. The van der Waals surface area contributed by atoms with Crippen molar-refractivity contribution in [1.82, 2.24) is 10.2 Å². The number of fused-ring (bicyclic) bond motifs is 3. The van der Waals surface area contributed by atoms with Crippen molar-refractivity contribution in [2.45, 2.75) is 13.0 Å². The number of benzene rings is 2. The molecule has 3 fully saturated rings. The van der Waals surface area contributed by atoms with Gasteiger partial charge in [0.25, 0.3) is 5.69 Å². The van der Waals surface area contributed by atoms with Gasteiger partial charge in [0.1, 0.15) is 5.75 Å². The SMILES string of the molecule is COc1ccc(N=Nc2ccc(C(C)NCC[N+]34CCN(CC3)CC4)cc2)c([N+](=O)[O-])c1. The van der Waals surface area contributed by atoms with E-state index in [0.29, 0.717) is 11.4 Å². The van der Waals surface area contributed by atoms with E-state index in [2.05, 4.69) is 27.4 Å². The minimum Gasteiger partial charge on any atom is -0.496 e. The van der Waals surface area contributed by atoms with E-state index in [1.165, 1.54) is 75.1 Å². The Morgan fingerprint density at radius 1 is 1.12 bits per heavy atom. The second kappa shape index (κ2) is 9.72. The minimum absolute atomic E-state index is 0.135. The van der Waals surface area contributed by atoms with E-state index < -0.39 is 4.92 Å². The Hall–Kier alpha value is -2.88. The topological polar surface area (TPSA) is 92.4 Å². The summed E-state index contributed by atoms with van der Waals surface area (Å²) in [6.45, 7) is 11.9. The molecule has 2 bridgehead atoms. The van der Waals surface area contributed by atoms with E-state index >= 15 is 0 Å². The van der Waals surface area contributed by atoms with Crippen LogP contribution in [0, 0.1) is 10.1 Å². The number of rotatable bonds is 9. The van der Waals surface area contributed by atoms with Crippen molar-refractivity contribution >= 4 is 17.1 Å². The van der Waals surface area contributed by atoms with Crippen LogP contribution < -0.4 is 10.1 Å². The zero-order valence-electron chi connectivity index (χ0n) is 18.7. The molecule has 0 aliphatic carbocycles. The Morgan fingerprint density at radius 2 is 1.81 bits per heavy atom. The van der Waals surface area contributed by atoms with Crippen molar-refractivity contribution in [1.29, 1.82) is 0 Å². The molecule has 5 rings (SSSR count). The molecule has 1 N–H and O–H groups in total. The fourth-order valence-corrected chi connectivity index (χ4v) is 4.51. The molecule has 2 aromatic carbocycles. The van der Waals surface area contributed by atoms with Crippen LogP contribution in [0.2, 0.25) is 0 Å². The third-order valence-corrected chi connectivity index (χ3v) is 6.75. The van der Waals surface area contributed by atoms with Crippen molar-refractivity contribution in [3.63, 3.8) is 0 Å². The Kier molecular flexibility index (Phi) is 6.78. The van der Waals surface area contributed by atoms with E-state index in [-0.39, 0.29) is 17.4 Å². The number of ether oxygens (including phenoxy) is 1. The molecule has 2 aromatic rings. The molecule has 3 saturated heterocycles. The summed E-state index contributed by atoms with van der Waals surface area (Å²) in [6, 6.07) is 12.6. The quantitative estimate of drug-likeness (QED) is 0.278. The van der Waals surface area contributed by atoms with Gasteiger partial charge in [-0.3, -0.25) is 15.0 Å². The van der Waals surface area contributed by atoms with Crippen molar-refractivity contribution in [2.75, 3.05) is 59.5 Å². The van der Waals surface area contributed by atoms with Crippen LogP contribution in [0.15, 0.2) is 52.7 Å². The molecule has 9 nitrogen and oxygen atoms in total. The lowest BCUT2D eigenvalue weighted by molar-refractivity contribution is -0.939. The Labute approximate surface area is 188 Å². The molecule has 3 aliphatic heterocycles. The zero-order chi connectivity index (χ0) is 22.6. The third-order valence-electron chi connectivity index (χ3n) is 6.75. The Bertz CT molecular complexity index is 956. The number of nitrogens with one attached hydrogen (secondary N) is 1. The van der Waals surface area contributed by atoms with Gasteiger partial charge in [0.2, 0.25) is 0 Å². The fourth-order valence-electron chi connectivity index (χ4n) is 4.51. The van der Waals surface area contributed by atoms with Crippen LogP contribution in [0.25, 0.3) is 0 Å². The predicted molar refractivity (Wildman–Crippen MR) is 123 cm³/mol. The van der Waals surface area contributed by atoms with Crippen LogP contribution in [0.3, 0.4) is 0 Å². The van der Waals surface area contributed by atoms with Gasteiger partial charge < -0.3 is 14.5 Å². The van der Waals surface area contributed by atoms with Crippen LogP contribution >= 0.6 is 0 Å². The van der Waals surface area contributed by atoms with Crippen molar-refractivity contribution in [3.05, 3.63) is 58.1 Å². The summed E-state index contributed by atoms with van der Waals surface area (Å²) in [5.74, 6) is 0.411. The number of nitrogens with zero attached hydrogens (tertiary/aromatic N) is 5. The van der Waals surface area contributed by atoms with Crippen molar-refractivity contribution in [2.24, 2.45) is 10.2 Å². The number of hydrogen-bond acceptors (Lipinski definition) is 7. The summed E-state index contributed by atoms with van der Waals surface area (Å²) in [7, 11) is 1.47. The van der Waals surface area contributed by atoms with E-state index in [1.807, 2.05) is 24.3 Å². The van der Waals surface area contributed by atoms with Gasteiger partial charge in [0, 0.05) is 32.2 Å². The van der Waals surface area contributed by atoms with E-state index in [4.69, 9.17) is 4.74 Å². The Balaban J connectivity index is 1.33. The highest BCUT2D eigenvalue weighted by atomic mass is 16.6. The molecular weight excluding hydrogens is 408 g/mol. The van der Waals surface area contributed by atoms with Gasteiger partial charge in [-0.1, -0.05) is 12.1 Å². The number of azo groups is 1. The molecule has 0 saturated carbocycles. The van der Waals surface area contributed by atoms with Crippen molar-refractivity contribution in [3.8, 4) is 5.75 Å². The summed E-state index contributed by atoms with van der Waals surface area (Å²) in [5.41, 5.74) is 1.89. The number of hydrogen-bond donors (Lipinski definition) is 1. The first kappa shape index (κ1) is 22.3. The average Bonchev–Trinajstić information content (AvgIpc) is 2.84. The first-order valence-corrected chi connectivity index (χ1v) is 11.1. The van der Waals surface area contributed by atoms with E-state index in [0.717, 1.165) is 6.54 Å². The van der Waals surface area contributed by atoms with E-state index in [9.17, 15) is 10.1 Å². The molecule has 0 amide bonds. The highest BCUT2D eigenvalue weighted by Gasteiger charge is 2.37. The zero-order valence-corrected chi connectivity index (χ0v) is 18.7. The largest absolute Gasteiger partial charge is 0.496 e. The minimum atomic E-state index is -0.484. The first-order chi connectivity index (χ1) is 15.5. The average molecular weight is 440 g/mol. The summed E-state index contributed by atoms with van der Waals surface area (Å²) in [5, 5.41) is 23.2. The van der Waals surface area contributed by atoms with Crippen molar-refractivity contribution < 1.29 is 14.1 Å². The van der Waals surface area contributed by atoms with Gasteiger partial charge in [-0.2, -0.15) is 5.11 Å². The van der Waals surface area contributed by atoms with Gasteiger partial charge in [0.15, 0.2) is 5.69 Å². The summed E-state index contributed by atoms with van der Waals surface area (Å²) >= 11 is 0. The van der Waals surface area contributed by atoms with Crippen LogP contribution in [-0.2, 0) is 0 Å². The number of nitro benzene ring substituents is 1. The number of quaternary nitrogens is 1. The smallest absolute Gasteiger partial charge is 0.300 e. The molecule has 1 atom stereocenters. The molecule has 9 heteroatoms. The van der Waals surface area contributed by atoms with Gasteiger partial charge >= 0.3 is 0 Å². The van der Waals surface area contributed by atoms with Crippen LogP contribution in [0.1, 0.15) is 18.5 Å². The molecular formula is C23H31N6O3+. The normalized spacial score (nSPS) is 23.4. The highest BCUT2D eigenvalue weighted by Crippen LogP contribution is 2.32. The molecule has 3 heterocycles. The molecule has 1 unspecified atom stereocenters. The lowest BCUT2D eigenvalue weighted by Crippen LogP contribution is -2.68. The summed E-state index contributed by atoms with van der Waals surface area (Å²) in [4.78, 5) is 13.4. The highest BCUT2D eigenvalue weighted by molar-refractivity contribution is 5.60. The molecule has 0 radical (unpaired) electrons. The maximum atomic E-state index is 11.3. The molecule has 0 spiro atoms. The summed E-state index contributed by atoms with van der Waals surface area (Å²) < 4.78 is 6.31. The van der Waals surface area contributed by atoms with Gasteiger partial charge in [0.05, 0.1) is 50.0 Å². The van der Waals surface area contributed by atoms with Gasteiger partial charge in [-0.05, 0) is 36.8 Å². The lowest BCUT2D eigenvalue weighted by atomic mass is 10.1. The van der Waals surface area contributed by atoms with Gasteiger partial charge in [-0.15, -0.1) is 5.11 Å². The van der Waals surface area contributed by atoms with Crippen LogP contribution in [-0.4, -0.2) is 73.8 Å². The lowest BCUT2D eigenvalue weighted by Gasteiger charge is -2.50. The first-order valence-electron chi connectivity index (χ1n) is 11.1. The standard InChI is InChI=1S/C23H31N6O3/c1-18(24-9-13-29-14-10-27(11-15-29)12-16-29)19-3-5-20(6-4-19)25-26-22-8-7-21(32-2)17-23(22)28(30)31/h3-8,17-18,24H,9-16H2,1-2H3/q+1. The number of methoxy groups -OCH3 is 1. The summed E-state index contributed by atoms with van der Waals surface area (Å²) in [6.07, 6.45) is 0. The molecule has 32 heavy (non-hydrogen) atoms. The molecule has 0 aromatic heterocycles. The van der Waals surface area contributed by atoms with Gasteiger partial charge in [-0.25, -0.2) is 0 Å².